The quantitative estimate of drug-likeness (QED) is 0.636. The van der Waals surface area contributed by atoms with Gasteiger partial charge in [-0.05, 0) is 6.07 Å². The molecule has 1 rings (SSSR count). The van der Waals surface area contributed by atoms with Gasteiger partial charge in [0, 0.05) is 12.1 Å². The molecule has 0 aromatic heterocycles. The van der Waals surface area contributed by atoms with Crippen molar-refractivity contribution in [1.29, 1.82) is 0 Å². The lowest BCUT2D eigenvalue weighted by Crippen LogP contribution is -2.28. The number of phenols is 1. The van der Waals surface area contributed by atoms with Gasteiger partial charge in [0.05, 0.1) is 0 Å². The molecule has 0 spiro atoms. The van der Waals surface area contributed by atoms with Gasteiger partial charge in [-0.2, -0.15) is 0 Å². The zero-order valence-electron chi connectivity index (χ0n) is 8.18. The molecule has 0 radical (unpaired) electrons. The van der Waals surface area contributed by atoms with E-state index in [-0.39, 0.29) is 5.75 Å². The molecule has 1 aromatic carbocycles. The van der Waals surface area contributed by atoms with Crippen LogP contribution >= 0.6 is 0 Å². The SMILES string of the molecule is C=CCNC(C(=O)O)c1ccccc1O. The maximum Gasteiger partial charge on any atom is 0.325 e. The van der Waals surface area contributed by atoms with E-state index in [1.54, 1.807) is 24.3 Å². The Hall–Kier alpha value is -1.81. The summed E-state index contributed by atoms with van der Waals surface area (Å²) in [4.78, 5) is 11.0. The van der Waals surface area contributed by atoms with E-state index in [0.29, 0.717) is 12.1 Å². The van der Waals surface area contributed by atoms with Crippen LogP contribution in [0.25, 0.3) is 0 Å². The van der Waals surface area contributed by atoms with E-state index in [2.05, 4.69) is 11.9 Å². The fourth-order valence-corrected chi connectivity index (χ4v) is 1.26. The Morgan fingerprint density at radius 2 is 2.20 bits per heavy atom. The van der Waals surface area contributed by atoms with Crippen LogP contribution in [0.15, 0.2) is 36.9 Å². The molecule has 4 heteroatoms. The molecule has 15 heavy (non-hydrogen) atoms. The van der Waals surface area contributed by atoms with Gasteiger partial charge < -0.3 is 10.2 Å². The minimum Gasteiger partial charge on any atom is -0.508 e. The summed E-state index contributed by atoms with van der Waals surface area (Å²) >= 11 is 0. The Morgan fingerprint density at radius 3 is 2.73 bits per heavy atom. The van der Waals surface area contributed by atoms with Crippen molar-refractivity contribution in [3.63, 3.8) is 0 Å². The second-order valence-corrected chi connectivity index (χ2v) is 3.03. The molecule has 0 saturated carbocycles. The number of carboxylic acids is 1. The number of hydrogen-bond donors (Lipinski definition) is 3. The Bertz CT molecular complexity index is 363. The first-order valence-electron chi connectivity index (χ1n) is 4.51. The molecule has 0 aliphatic carbocycles. The first-order chi connectivity index (χ1) is 7.16. The molecular weight excluding hydrogens is 194 g/mol. The van der Waals surface area contributed by atoms with Crippen LogP contribution in [0, 0.1) is 0 Å². The number of phenolic OH excluding ortho intramolecular Hbond substituents is 1. The van der Waals surface area contributed by atoms with Gasteiger partial charge in [-0.1, -0.05) is 24.3 Å². The lowest BCUT2D eigenvalue weighted by atomic mass is 10.1. The van der Waals surface area contributed by atoms with Gasteiger partial charge in [0.25, 0.3) is 0 Å². The Labute approximate surface area is 87.9 Å². The molecule has 4 nitrogen and oxygen atoms in total. The summed E-state index contributed by atoms with van der Waals surface area (Å²) in [5.41, 5.74) is 0.354. The second-order valence-electron chi connectivity index (χ2n) is 3.03. The molecule has 0 aliphatic rings. The van der Waals surface area contributed by atoms with Crippen LogP contribution in [0.4, 0.5) is 0 Å². The maximum absolute atomic E-state index is 11.0. The van der Waals surface area contributed by atoms with Gasteiger partial charge in [0.1, 0.15) is 11.8 Å². The number of aromatic hydroxyl groups is 1. The van der Waals surface area contributed by atoms with E-state index in [4.69, 9.17) is 5.11 Å². The highest BCUT2D eigenvalue weighted by atomic mass is 16.4. The first-order valence-corrected chi connectivity index (χ1v) is 4.51. The highest BCUT2D eigenvalue weighted by molar-refractivity contribution is 5.76. The predicted octanol–water partition coefficient (Wildman–Crippen LogP) is 1.29. The zero-order valence-corrected chi connectivity index (χ0v) is 8.18. The fourth-order valence-electron chi connectivity index (χ4n) is 1.26. The number of aliphatic carboxylic acids is 1. The lowest BCUT2D eigenvalue weighted by molar-refractivity contribution is -0.139. The number of carbonyl (C=O) groups is 1. The van der Waals surface area contributed by atoms with Crippen molar-refractivity contribution >= 4 is 5.97 Å². The van der Waals surface area contributed by atoms with Crippen molar-refractivity contribution in [2.24, 2.45) is 0 Å². The van der Waals surface area contributed by atoms with E-state index in [0.717, 1.165) is 0 Å². The largest absolute Gasteiger partial charge is 0.508 e. The molecule has 3 N–H and O–H groups in total. The number of hydrogen-bond acceptors (Lipinski definition) is 3. The van der Waals surface area contributed by atoms with E-state index >= 15 is 0 Å². The van der Waals surface area contributed by atoms with Crippen LogP contribution in [0.3, 0.4) is 0 Å². The number of rotatable bonds is 5. The van der Waals surface area contributed by atoms with Crippen molar-refractivity contribution in [3.8, 4) is 5.75 Å². The topological polar surface area (TPSA) is 69.6 Å². The number of carboxylic acid groups (broad SMARTS) is 1. The van der Waals surface area contributed by atoms with Crippen molar-refractivity contribution in [3.05, 3.63) is 42.5 Å². The molecule has 0 saturated heterocycles. The summed E-state index contributed by atoms with van der Waals surface area (Å²) in [7, 11) is 0. The molecule has 0 amide bonds. The smallest absolute Gasteiger partial charge is 0.325 e. The van der Waals surface area contributed by atoms with Crippen molar-refractivity contribution in [2.45, 2.75) is 6.04 Å². The van der Waals surface area contributed by atoms with Gasteiger partial charge >= 0.3 is 5.97 Å². The number of para-hydroxylation sites is 1. The van der Waals surface area contributed by atoms with E-state index in [1.165, 1.54) is 6.07 Å². The van der Waals surface area contributed by atoms with Crippen molar-refractivity contribution < 1.29 is 15.0 Å². The third kappa shape index (κ3) is 2.82. The Kier molecular flexibility index (Phi) is 3.88. The normalized spacial score (nSPS) is 12.0. The molecule has 0 fully saturated rings. The van der Waals surface area contributed by atoms with Crippen LogP contribution in [0.1, 0.15) is 11.6 Å². The van der Waals surface area contributed by atoms with Crippen LogP contribution in [-0.2, 0) is 4.79 Å². The van der Waals surface area contributed by atoms with Crippen LogP contribution in [0.2, 0.25) is 0 Å². The molecule has 1 atom stereocenters. The average Bonchev–Trinajstić information content (AvgIpc) is 2.20. The summed E-state index contributed by atoms with van der Waals surface area (Å²) in [6.07, 6.45) is 1.57. The van der Waals surface area contributed by atoms with Crippen LogP contribution in [-0.4, -0.2) is 22.7 Å². The van der Waals surface area contributed by atoms with E-state index in [1.807, 2.05) is 0 Å². The highest BCUT2D eigenvalue weighted by Gasteiger charge is 2.20. The first kappa shape index (κ1) is 11.3. The molecule has 1 aromatic rings. The molecule has 0 aliphatic heterocycles. The summed E-state index contributed by atoms with van der Waals surface area (Å²) in [5, 5.41) is 21.2. The Morgan fingerprint density at radius 1 is 1.53 bits per heavy atom. The number of benzene rings is 1. The highest BCUT2D eigenvalue weighted by Crippen LogP contribution is 2.23. The van der Waals surface area contributed by atoms with E-state index < -0.39 is 12.0 Å². The third-order valence-electron chi connectivity index (χ3n) is 1.96. The zero-order chi connectivity index (χ0) is 11.3. The lowest BCUT2D eigenvalue weighted by Gasteiger charge is -2.14. The minimum atomic E-state index is -1.03. The summed E-state index contributed by atoms with van der Waals surface area (Å²) in [5.74, 6) is -1.06. The van der Waals surface area contributed by atoms with Gasteiger partial charge in [0.15, 0.2) is 0 Å². The second kappa shape index (κ2) is 5.17. The van der Waals surface area contributed by atoms with Crippen LogP contribution < -0.4 is 5.32 Å². The third-order valence-corrected chi connectivity index (χ3v) is 1.96. The monoisotopic (exact) mass is 207 g/mol. The van der Waals surface area contributed by atoms with Crippen molar-refractivity contribution in [1.82, 2.24) is 5.32 Å². The molecule has 1 unspecified atom stereocenters. The van der Waals surface area contributed by atoms with Gasteiger partial charge in [-0.15, -0.1) is 6.58 Å². The van der Waals surface area contributed by atoms with Crippen LogP contribution in [0.5, 0.6) is 5.75 Å². The summed E-state index contributed by atoms with van der Waals surface area (Å²) in [6, 6.07) is 5.45. The van der Waals surface area contributed by atoms with Gasteiger partial charge in [0.2, 0.25) is 0 Å². The Balaban J connectivity index is 2.93. The van der Waals surface area contributed by atoms with Crippen molar-refractivity contribution in [2.75, 3.05) is 6.54 Å². The van der Waals surface area contributed by atoms with E-state index in [9.17, 15) is 9.90 Å². The molecule has 0 bridgehead atoms. The molecular formula is C11H13NO3. The molecule has 80 valence electrons. The molecule has 0 heterocycles. The average molecular weight is 207 g/mol. The summed E-state index contributed by atoms with van der Waals surface area (Å²) < 4.78 is 0. The van der Waals surface area contributed by atoms with Gasteiger partial charge in [-0.25, -0.2) is 0 Å². The standard InChI is InChI=1S/C11H13NO3/c1-2-7-12-10(11(14)15)8-5-3-4-6-9(8)13/h2-6,10,12-13H,1,7H2,(H,14,15). The fraction of sp³-hybridized carbons (Fsp3) is 0.182. The predicted molar refractivity (Wildman–Crippen MR) is 56.7 cm³/mol. The maximum atomic E-state index is 11.0. The minimum absolute atomic E-state index is 0.0264. The number of nitrogens with one attached hydrogen (secondary N) is 1. The van der Waals surface area contributed by atoms with Gasteiger partial charge in [-0.3, -0.25) is 10.1 Å². The summed E-state index contributed by atoms with van der Waals surface area (Å²) in [6.45, 7) is 3.86.